The minimum absolute atomic E-state index is 0.415. The second kappa shape index (κ2) is 4.31. The predicted octanol–water partition coefficient (Wildman–Crippen LogP) is 1.05. The van der Waals surface area contributed by atoms with E-state index in [4.69, 9.17) is 5.73 Å². The van der Waals surface area contributed by atoms with Crippen LogP contribution in [-0.4, -0.2) is 15.7 Å². The fourth-order valence-electron chi connectivity index (χ4n) is 0.707. The van der Waals surface area contributed by atoms with E-state index in [1.165, 1.54) is 0 Å². The molecule has 0 spiro atoms. The molecule has 0 aliphatic heterocycles. The molecular weight excluding hydrogens is 158 g/mol. The zero-order chi connectivity index (χ0) is 8.10. The zero-order valence-electron chi connectivity index (χ0n) is 6.45. The molecule has 60 valence electrons. The Hall–Kier alpha value is -0.610. The topological polar surface area (TPSA) is 51.8 Å². The standard InChI is InChI=1S/C7H11N3S/c1-2-11-7-3-4-9-6(5-8)10-7/h3-4H,2,5,8H2,1H3. The van der Waals surface area contributed by atoms with Crippen LogP contribution >= 0.6 is 11.8 Å². The van der Waals surface area contributed by atoms with Crippen LogP contribution in [0.4, 0.5) is 0 Å². The average Bonchev–Trinajstić information content (AvgIpc) is 2.06. The lowest BCUT2D eigenvalue weighted by atomic mass is 10.5. The summed E-state index contributed by atoms with van der Waals surface area (Å²) < 4.78 is 0. The van der Waals surface area contributed by atoms with Crippen molar-refractivity contribution in [1.82, 2.24) is 9.97 Å². The van der Waals surface area contributed by atoms with Crippen LogP contribution in [0.1, 0.15) is 12.7 Å². The molecule has 1 aromatic heterocycles. The molecule has 0 aromatic carbocycles. The van der Waals surface area contributed by atoms with Crippen molar-refractivity contribution >= 4 is 11.8 Å². The number of nitrogens with two attached hydrogens (primary N) is 1. The number of hydrogen-bond acceptors (Lipinski definition) is 4. The number of aromatic nitrogens is 2. The normalized spacial score (nSPS) is 10.0. The maximum Gasteiger partial charge on any atom is 0.143 e. The first-order valence-electron chi connectivity index (χ1n) is 3.51. The predicted molar refractivity (Wildman–Crippen MR) is 46.3 cm³/mol. The molecule has 0 fully saturated rings. The maximum absolute atomic E-state index is 5.38. The van der Waals surface area contributed by atoms with Crippen molar-refractivity contribution < 1.29 is 0 Å². The van der Waals surface area contributed by atoms with Gasteiger partial charge in [-0.3, -0.25) is 0 Å². The largest absolute Gasteiger partial charge is 0.324 e. The van der Waals surface area contributed by atoms with E-state index in [0.717, 1.165) is 10.8 Å². The summed E-state index contributed by atoms with van der Waals surface area (Å²) in [5, 5.41) is 1.00. The highest BCUT2D eigenvalue weighted by atomic mass is 32.2. The molecule has 0 saturated heterocycles. The Morgan fingerprint density at radius 1 is 1.64 bits per heavy atom. The third-order valence-electron chi connectivity index (χ3n) is 1.15. The third kappa shape index (κ3) is 2.48. The summed E-state index contributed by atoms with van der Waals surface area (Å²) in [6.45, 7) is 2.51. The molecule has 0 amide bonds. The van der Waals surface area contributed by atoms with Crippen molar-refractivity contribution in [1.29, 1.82) is 0 Å². The lowest BCUT2D eigenvalue weighted by Gasteiger charge is -1.98. The first kappa shape index (κ1) is 8.49. The number of thioether (sulfide) groups is 1. The molecule has 1 heterocycles. The minimum Gasteiger partial charge on any atom is -0.324 e. The Bertz CT molecular complexity index is 227. The number of nitrogens with zero attached hydrogens (tertiary/aromatic N) is 2. The van der Waals surface area contributed by atoms with E-state index in [1.807, 2.05) is 6.07 Å². The summed E-state index contributed by atoms with van der Waals surface area (Å²) in [5.41, 5.74) is 5.38. The zero-order valence-corrected chi connectivity index (χ0v) is 7.27. The Balaban J connectivity index is 2.74. The van der Waals surface area contributed by atoms with E-state index in [2.05, 4.69) is 16.9 Å². The lowest BCUT2D eigenvalue weighted by molar-refractivity contribution is 0.866. The second-order valence-corrected chi connectivity index (χ2v) is 3.23. The van der Waals surface area contributed by atoms with E-state index in [1.54, 1.807) is 18.0 Å². The van der Waals surface area contributed by atoms with E-state index in [-0.39, 0.29) is 0 Å². The molecule has 4 heteroatoms. The molecule has 0 unspecified atom stereocenters. The van der Waals surface area contributed by atoms with Crippen LogP contribution in [0.25, 0.3) is 0 Å². The van der Waals surface area contributed by atoms with Crippen molar-refractivity contribution in [2.24, 2.45) is 5.73 Å². The summed E-state index contributed by atoms with van der Waals surface area (Å²) >= 11 is 1.70. The second-order valence-electron chi connectivity index (χ2n) is 1.95. The molecule has 0 aliphatic rings. The van der Waals surface area contributed by atoms with Gasteiger partial charge in [-0.25, -0.2) is 9.97 Å². The molecule has 0 bridgehead atoms. The first-order valence-corrected chi connectivity index (χ1v) is 4.50. The molecule has 0 saturated carbocycles. The molecule has 0 radical (unpaired) electrons. The Morgan fingerprint density at radius 2 is 2.45 bits per heavy atom. The Labute approximate surface area is 70.4 Å². The summed E-state index contributed by atoms with van der Waals surface area (Å²) in [5.74, 6) is 1.74. The molecule has 11 heavy (non-hydrogen) atoms. The summed E-state index contributed by atoms with van der Waals surface area (Å²) in [7, 11) is 0. The van der Waals surface area contributed by atoms with Gasteiger partial charge in [0.25, 0.3) is 0 Å². The fraction of sp³-hybridized carbons (Fsp3) is 0.429. The minimum atomic E-state index is 0.415. The van der Waals surface area contributed by atoms with Gasteiger partial charge in [0.2, 0.25) is 0 Å². The number of rotatable bonds is 3. The highest BCUT2D eigenvalue weighted by molar-refractivity contribution is 7.99. The molecule has 0 aliphatic carbocycles. The lowest BCUT2D eigenvalue weighted by Crippen LogP contribution is -2.02. The molecule has 3 nitrogen and oxygen atoms in total. The summed E-state index contributed by atoms with van der Waals surface area (Å²) in [6.07, 6.45) is 1.74. The van der Waals surface area contributed by atoms with Crippen molar-refractivity contribution in [2.45, 2.75) is 18.5 Å². The maximum atomic E-state index is 5.38. The van der Waals surface area contributed by atoms with Gasteiger partial charge in [0, 0.05) is 6.20 Å². The fourth-order valence-corrected chi connectivity index (χ4v) is 1.33. The smallest absolute Gasteiger partial charge is 0.143 e. The van der Waals surface area contributed by atoms with E-state index < -0.39 is 0 Å². The highest BCUT2D eigenvalue weighted by Crippen LogP contribution is 2.12. The van der Waals surface area contributed by atoms with Gasteiger partial charge in [0.05, 0.1) is 11.6 Å². The third-order valence-corrected chi connectivity index (χ3v) is 1.97. The van der Waals surface area contributed by atoms with Crippen LogP contribution in [0, 0.1) is 0 Å². The highest BCUT2D eigenvalue weighted by Gasteiger charge is 1.95. The molecule has 1 rings (SSSR count). The van der Waals surface area contributed by atoms with E-state index >= 15 is 0 Å². The molecule has 1 aromatic rings. The van der Waals surface area contributed by atoms with Crippen molar-refractivity contribution in [3.05, 3.63) is 18.1 Å². The summed E-state index contributed by atoms with van der Waals surface area (Å²) in [6, 6.07) is 1.90. The van der Waals surface area contributed by atoms with Gasteiger partial charge in [-0.2, -0.15) is 0 Å². The molecule has 2 N–H and O–H groups in total. The van der Waals surface area contributed by atoms with Crippen LogP contribution in [-0.2, 0) is 6.54 Å². The SMILES string of the molecule is CCSc1ccnc(CN)n1. The van der Waals surface area contributed by atoms with Crippen LogP contribution in [0.5, 0.6) is 0 Å². The van der Waals surface area contributed by atoms with Crippen LogP contribution < -0.4 is 5.73 Å². The van der Waals surface area contributed by atoms with Gasteiger partial charge in [-0.15, -0.1) is 11.8 Å². The monoisotopic (exact) mass is 169 g/mol. The Kier molecular flexibility index (Phi) is 3.32. The van der Waals surface area contributed by atoms with Crippen molar-refractivity contribution in [3.63, 3.8) is 0 Å². The van der Waals surface area contributed by atoms with Crippen LogP contribution in [0.3, 0.4) is 0 Å². The van der Waals surface area contributed by atoms with Gasteiger partial charge >= 0.3 is 0 Å². The van der Waals surface area contributed by atoms with Crippen molar-refractivity contribution in [2.75, 3.05) is 5.75 Å². The molecular formula is C7H11N3S. The number of hydrogen-bond donors (Lipinski definition) is 1. The van der Waals surface area contributed by atoms with Crippen LogP contribution in [0.15, 0.2) is 17.3 Å². The summed E-state index contributed by atoms with van der Waals surface area (Å²) in [4.78, 5) is 8.20. The first-order chi connectivity index (χ1) is 5.36. The van der Waals surface area contributed by atoms with Gasteiger partial charge in [-0.05, 0) is 11.8 Å². The van der Waals surface area contributed by atoms with Gasteiger partial charge in [0.1, 0.15) is 5.82 Å². The van der Waals surface area contributed by atoms with E-state index in [9.17, 15) is 0 Å². The van der Waals surface area contributed by atoms with Crippen LogP contribution in [0.2, 0.25) is 0 Å². The average molecular weight is 169 g/mol. The Morgan fingerprint density at radius 3 is 3.09 bits per heavy atom. The van der Waals surface area contributed by atoms with Gasteiger partial charge in [0.15, 0.2) is 0 Å². The van der Waals surface area contributed by atoms with Crippen molar-refractivity contribution in [3.8, 4) is 0 Å². The van der Waals surface area contributed by atoms with Gasteiger partial charge < -0.3 is 5.73 Å². The van der Waals surface area contributed by atoms with Gasteiger partial charge in [-0.1, -0.05) is 6.92 Å². The van der Waals surface area contributed by atoms with E-state index in [0.29, 0.717) is 12.4 Å². The quantitative estimate of drug-likeness (QED) is 0.542. The molecule has 0 atom stereocenters.